The number of fused-ring (bicyclic) bond motifs is 2. The number of nitrogens with one attached hydrogen (secondary N) is 1. The monoisotopic (exact) mass is 322 g/mol. The van der Waals surface area contributed by atoms with E-state index in [1.807, 2.05) is 10.7 Å². The van der Waals surface area contributed by atoms with E-state index in [4.69, 9.17) is 4.74 Å². The summed E-state index contributed by atoms with van der Waals surface area (Å²) in [4.78, 5) is 4.26. The van der Waals surface area contributed by atoms with Gasteiger partial charge in [0.2, 0.25) is 0 Å². The molecule has 0 spiro atoms. The summed E-state index contributed by atoms with van der Waals surface area (Å²) in [6, 6.07) is 15.1. The first kappa shape index (κ1) is 15.1. The summed E-state index contributed by atoms with van der Waals surface area (Å²) < 4.78 is 7.89. The van der Waals surface area contributed by atoms with Gasteiger partial charge in [0.15, 0.2) is 0 Å². The van der Waals surface area contributed by atoms with Crippen molar-refractivity contribution in [2.45, 2.75) is 31.8 Å². The molecule has 0 saturated heterocycles. The van der Waals surface area contributed by atoms with Gasteiger partial charge in [-0.2, -0.15) is 5.10 Å². The second-order valence-electron chi connectivity index (χ2n) is 6.26. The summed E-state index contributed by atoms with van der Waals surface area (Å²) in [6.07, 6.45) is 4.78. The fourth-order valence-electron chi connectivity index (χ4n) is 3.23. The van der Waals surface area contributed by atoms with Crippen LogP contribution in [0.15, 0.2) is 48.8 Å². The number of aromatic nitrogens is 3. The molecule has 4 rings (SSSR count). The minimum Gasteiger partial charge on any atom is -0.494 e. The Labute approximate surface area is 141 Å². The molecule has 1 N–H and O–H groups in total. The predicted molar refractivity (Wildman–Crippen MR) is 94.2 cm³/mol. The quantitative estimate of drug-likeness (QED) is 0.709. The molecule has 5 nitrogen and oxygen atoms in total. The summed E-state index contributed by atoms with van der Waals surface area (Å²) in [5, 5.41) is 10.3. The highest BCUT2D eigenvalue weighted by Gasteiger charge is 2.18. The molecule has 124 valence electrons. The van der Waals surface area contributed by atoms with Crippen LogP contribution in [-0.4, -0.2) is 34.0 Å². The smallest absolute Gasteiger partial charge is 0.138 e. The maximum atomic E-state index is 5.88. The first-order chi connectivity index (χ1) is 11.9. The molecule has 2 heterocycles. The Balaban J connectivity index is 1.20. The number of hydrogen-bond acceptors (Lipinski definition) is 4. The molecular formula is C19H22N4O. The Hall–Kier alpha value is -2.40. The first-order valence-corrected chi connectivity index (χ1v) is 8.60. The highest BCUT2D eigenvalue weighted by atomic mass is 16.5. The first-order valence-electron chi connectivity index (χ1n) is 8.60. The minimum absolute atomic E-state index is 0.486. The van der Waals surface area contributed by atoms with E-state index in [2.05, 4.69) is 51.8 Å². The number of rotatable bonds is 6. The van der Waals surface area contributed by atoms with E-state index in [0.717, 1.165) is 50.5 Å². The van der Waals surface area contributed by atoms with Gasteiger partial charge in [-0.05, 0) is 42.3 Å². The molecule has 1 aromatic heterocycles. The van der Waals surface area contributed by atoms with Gasteiger partial charge in [0.05, 0.1) is 13.2 Å². The van der Waals surface area contributed by atoms with Gasteiger partial charge in [-0.3, -0.25) is 0 Å². The Morgan fingerprint density at radius 2 is 2.08 bits per heavy atom. The molecule has 1 aliphatic rings. The fraction of sp³-hybridized carbons (Fsp3) is 0.368. The molecule has 1 atom stereocenters. The van der Waals surface area contributed by atoms with Crippen LogP contribution < -0.4 is 10.1 Å². The molecule has 3 aromatic rings. The molecule has 0 fully saturated rings. The molecule has 2 aromatic carbocycles. The van der Waals surface area contributed by atoms with E-state index in [0.29, 0.717) is 6.04 Å². The summed E-state index contributed by atoms with van der Waals surface area (Å²) in [6.45, 7) is 2.61. The lowest BCUT2D eigenvalue weighted by Gasteiger charge is -2.23. The van der Waals surface area contributed by atoms with Crippen molar-refractivity contribution < 1.29 is 4.74 Å². The standard InChI is InChI=1S/C19H22N4O/c1-2-5-16-12-18(8-6-15(16)4-1)24-11-3-10-20-17-7-9-19-21-14-22-23(19)13-17/h1-2,4-6,8,12,14,17,20H,3,7,9-11,13H2/t17-/m1/s1. The highest BCUT2D eigenvalue weighted by molar-refractivity contribution is 5.83. The third kappa shape index (κ3) is 3.41. The molecule has 0 saturated carbocycles. The van der Waals surface area contributed by atoms with Crippen LogP contribution in [0.25, 0.3) is 10.8 Å². The van der Waals surface area contributed by atoms with E-state index >= 15 is 0 Å². The molecule has 1 aliphatic heterocycles. The lowest BCUT2D eigenvalue weighted by Crippen LogP contribution is -2.38. The lowest BCUT2D eigenvalue weighted by molar-refractivity contribution is 0.295. The SMILES string of the molecule is c1ccc2cc(OCCCN[C@@H]3CCc4ncnn4C3)ccc2c1. The molecule has 0 radical (unpaired) electrons. The van der Waals surface area contributed by atoms with Gasteiger partial charge in [-0.15, -0.1) is 0 Å². The fourth-order valence-corrected chi connectivity index (χ4v) is 3.23. The number of aryl methyl sites for hydroxylation is 1. The second-order valence-corrected chi connectivity index (χ2v) is 6.26. The van der Waals surface area contributed by atoms with Gasteiger partial charge >= 0.3 is 0 Å². The van der Waals surface area contributed by atoms with Crippen LogP contribution in [0.5, 0.6) is 5.75 Å². The molecule has 24 heavy (non-hydrogen) atoms. The Kier molecular flexibility index (Phi) is 4.42. The third-order valence-electron chi connectivity index (χ3n) is 4.55. The molecule has 0 aliphatic carbocycles. The van der Waals surface area contributed by atoms with Crippen molar-refractivity contribution in [3.63, 3.8) is 0 Å². The number of nitrogens with zero attached hydrogens (tertiary/aromatic N) is 3. The van der Waals surface area contributed by atoms with Gasteiger partial charge in [0.25, 0.3) is 0 Å². The van der Waals surface area contributed by atoms with Gasteiger partial charge in [0.1, 0.15) is 17.9 Å². The third-order valence-corrected chi connectivity index (χ3v) is 4.55. The van der Waals surface area contributed by atoms with Crippen molar-refractivity contribution in [3.05, 3.63) is 54.6 Å². The van der Waals surface area contributed by atoms with Gasteiger partial charge in [0, 0.05) is 12.5 Å². The van der Waals surface area contributed by atoms with Crippen LogP contribution in [0.4, 0.5) is 0 Å². The zero-order valence-corrected chi connectivity index (χ0v) is 13.7. The van der Waals surface area contributed by atoms with Crippen LogP contribution in [0.3, 0.4) is 0 Å². The largest absolute Gasteiger partial charge is 0.494 e. The van der Waals surface area contributed by atoms with E-state index in [9.17, 15) is 0 Å². The average molecular weight is 322 g/mol. The van der Waals surface area contributed by atoms with Crippen LogP contribution in [-0.2, 0) is 13.0 Å². The van der Waals surface area contributed by atoms with Gasteiger partial charge in [-0.25, -0.2) is 9.67 Å². The van der Waals surface area contributed by atoms with Crippen LogP contribution in [0, 0.1) is 0 Å². The number of hydrogen-bond donors (Lipinski definition) is 1. The lowest BCUT2D eigenvalue weighted by atomic mass is 10.1. The van der Waals surface area contributed by atoms with Crippen LogP contribution >= 0.6 is 0 Å². The Morgan fingerprint density at radius 3 is 3.04 bits per heavy atom. The molecule has 5 heteroatoms. The molecule has 0 unspecified atom stereocenters. The van der Waals surface area contributed by atoms with Crippen molar-refractivity contribution in [1.82, 2.24) is 20.1 Å². The van der Waals surface area contributed by atoms with E-state index in [1.165, 1.54) is 10.8 Å². The van der Waals surface area contributed by atoms with Crippen molar-refractivity contribution in [3.8, 4) is 5.75 Å². The van der Waals surface area contributed by atoms with Gasteiger partial charge < -0.3 is 10.1 Å². The second kappa shape index (κ2) is 7.01. The van der Waals surface area contributed by atoms with Crippen LogP contribution in [0.2, 0.25) is 0 Å². The normalized spacial score (nSPS) is 16.9. The number of ether oxygens (including phenoxy) is 1. The zero-order valence-electron chi connectivity index (χ0n) is 13.7. The van der Waals surface area contributed by atoms with E-state index < -0.39 is 0 Å². The Bertz CT molecular complexity index is 814. The van der Waals surface area contributed by atoms with Crippen molar-refractivity contribution in [2.75, 3.05) is 13.2 Å². The zero-order chi connectivity index (χ0) is 16.2. The van der Waals surface area contributed by atoms with Crippen molar-refractivity contribution in [1.29, 1.82) is 0 Å². The highest BCUT2D eigenvalue weighted by Crippen LogP contribution is 2.20. The van der Waals surface area contributed by atoms with Crippen LogP contribution in [0.1, 0.15) is 18.7 Å². The Morgan fingerprint density at radius 1 is 1.17 bits per heavy atom. The maximum absolute atomic E-state index is 5.88. The number of benzene rings is 2. The molecular weight excluding hydrogens is 300 g/mol. The topological polar surface area (TPSA) is 52.0 Å². The van der Waals surface area contributed by atoms with Crippen molar-refractivity contribution >= 4 is 10.8 Å². The van der Waals surface area contributed by atoms with Crippen molar-refractivity contribution in [2.24, 2.45) is 0 Å². The summed E-state index contributed by atoms with van der Waals surface area (Å²) in [5.74, 6) is 2.05. The summed E-state index contributed by atoms with van der Waals surface area (Å²) in [5.41, 5.74) is 0. The van der Waals surface area contributed by atoms with Gasteiger partial charge in [-0.1, -0.05) is 30.3 Å². The molecule has 0 bridgehead atoms. The van der Waals surface area contributed by atoms with E-state index in [1.54, 1.807) is 6.33 Å². The van der Waals surface area contributed by atoms with E-state index in [-0.39, 0.29) is 0 Å². The summed E-state index contributed by atoms with van der Waals surface area (Å²) in [7, 11) is 0. The molecule has 0 amide bonds. The average Bonchev–Trinajstić information content (AvgIpc) is 3.09. The minimum atomic E-state index is 0.486. The maximum Gasteiger partial charge on any atom is 0.138 e. The summed E-state index contributed by atoms with van der Waals surface area (Å²) >= 11 is 0. The predicted octanol–water partition coefficient (Wildman–Crippen LogP) is 2.80.